The van der Waals surface area contributed by atoms with Gasteiger partial charge in [-0.25, -0.2) is 0 Å². The first-order valence-electron chi connectivity index (χ1n) is 5.29. The van der Waals surface area contributed by atoms with Gasteiger partial charge in [0.2, 0.25) is 0 Å². The van der Waals surface area contributed by atoms with Crippen molar-refractivity contribution in [3.05, 3.63) is 0 Å². The van der Waals surface area contributed by atoms with E-state index in [1.54, 1.807) is 0 Å². The highest BCUT2D eigenvalue weighted by Crippen LogP contribution is 2.48. The third kappa shape index (κ3) is 11.9. The predicted molar refractivity (Wildman–Crippen MR) is 68.4 cm³/mol. The maximum absolute atomic E-state index is 12.0. The molecule has 9 nitrogen and oxygen atoms in total. The molecule has 0 spiro atoms. The smallest absolute Gasteiger partial charge is 0.331 e. The minimum absolute atomic E-state index is 0. The Labute approximate surface area is 120 Å². The molecule has 0 radical (unpaired) electrons. The van der Waals surface area contributed by atoms with Gasteiger partial charge >= 0.3 is 25.5 Å². The lowest BCUT2D eigenvalue weighted by Gasteiger charge is -2.17. The molecule has 0 saturated carbocycles. The largest absolute Gasteiger partial charge is 0.481 e. The highest BCUT2D eigenvalue weighted by atomic mass is 35.5. The van der Waals surface area contributed by atoms with E-state index < -0.39 is 64.1 Å². The fourth-order valence-electron chi connectivity index (χ4n) is 0.943. The molecular weight excluding hydrogens is 319 g/mol. The molecule has 0 heterocycles. The highest BCUT2D eigenvalue weighted by molar-refractivity contribution is 7.53. The Morgan fingerprint density at radius 3 is 1.45 bits per heavy atom. The maximum Gasteiger partial charge on any atom is 0.331 e. The van der Waals surface area contributed by atoms with Gasteiger partial charge in [-0.15, -0.1) is 12.4 Å². The minimum Gasteiger partial charge on any atom is -0.481 e. The number of carbonyl (C=O) groups is 3. The topological polar surface area (TPSA) is 147 Å². The number of halogens is 1. The molecule has 0 aliphatic heterocycles. The van der Waals surface area contributed by atoms with Gasteiger partial charge in [0.1, 0.15) is 0 Å². The van der Waals surface area contributed by atoms with Gasteiger partial charge in [0.15, 0.2) is 0 Å². The number of aliphatic carboxylic acids is 3. The summed E-state index contributed by atoms with van der Waals surface area (Å²) < 4.78 is 21.5. The summed E-state index contributed by atoms with van der Waals surface area (Å²) in [7, 11) is -3.79. The Bertz CT molecular complexity index is 360. The second kappa shape index (κ2) is 10.6. The zero-order valence-electron chi connectivity index (χ0n) is 10.4. The van der Waals surface area contributed by atoms with Crippen molar-refractivity contribution in [1.29, 1.82) is 0 Å². The van der Waals surface area contributed by atoms with E-state index in [9.17, 15) is 18.9 Å². The third-order valence-electron chi connectivity index (χ3n) is 1.81. The molecule has 0 fully saturated rings. The Kier molecular flexibility index (Phi) is 11.2. The molecule has 0 amide bonds. The monoisotopic (exact) mass is 334 g/mol. The summed E-state index contributed by atoms with van der Waals surface area (Å²) in [5, 5.41) is 25.3. The first-order valence-corrected chi connectivity index (χ1v) is 7.01. The molecule has 0 aromatic carbocycles. The molecule has 0 aromatic heterocycles. The minimum atomic E-state index is -3.79. The fourth-order valence-corrected chi connectivity index (χ4v) is 2.48. The number of carboxylic acid groups (broad SMARTS) is 3. The number of carboxylic acids is 3. The summed E-state index contributed by atoms with van der Waals surface area (Å²) in [6.07, 6.45) is -1.77. The van der Waals surface area contributed by atoms with Crippen LogP contribution in [-0.2, 0) is 28.0 Å². The SMILES string of the molecule is Cl.O=C(O)CCOP(=O)(CCC(=O)O)OCCC(=O)O. The quantitative estimate of drug-likeness (QED) is 0.471. The molecule has 0 rings (SSSR count). The van der Waals surface area contributed by atoms with Crippen molar-refractivity contribution in [1.82, 2.24) is 0 Å². The van der Waals surface area contributed by atoms with Crippen molar-refractivity contribution in [3.63, 3.8) is 0 Å². The molecule has 0 aliphatic carbocycles. The van der Waals surface area contributed by atoms with Gasteiger partial charge < -0.3 is 24.4 Å². The molecule has 0 aromatic rings. The second-order valence-corrected chi connectivity index (χ2v) is 5.62. The van der Waals surface area contributed by atoms with Crippen molar-refractivity contribution in [3.8, 4) is 0 Å². The lowest BCUT2D eigenvalue weighted by molar-refractivity contribution is -0.138. The van der Waals surface area contributed by atoms with E-state index in [1.807, 2.05) is 0 Å². The molecule has 0 aliphatic rings. The van der Waals surface area contributed by atoms with E-state index >= 15 is 0 Å². The molecular formula is C9H16ClO9P. The van der Waals surface area contributed by atoms with Crippen molar-refractivity contribution in [2.24, 2.45) is 0 Å². The van der Waals surface area contributed by atoms with Gasteiger partial charge in [-0.3, -0.25) is 18.9 Å². The van der Waals surface area contributed by atoms with Gasteiger partial charge in [0, 0.05) is 0 Å². The van der Waals surface area contributed by atoms with Gasteiger partial charge in [0.25, 0.3) is 0 Å². The Hall–Kier alpha value is -1.15. The van der Waals surface area contributed by atoms with E-state index in [-0.39, 0.29) is 12.4 Å². The molecule has 20 heavy (non-hydrogen) atoms. The summed E-state index contributed by atoms with van der Waals surface area (Å²) >= 11 is 0. The summed E-state index contributed by atoms with van der Waals surface area (Å²) in [4.78, 5) is 30.9. The Morgan fingerprint density at radius 1 is 0.800 bits per heavy atom. The maximum atomic E-state index is 12.0. The predicted octanol–water partition coefficient (Wildman–Crippen LogP) is 1.06. The van der Waals surface area contributed by atoms with E-state index in [1.165, 1.54) is 0 Å². The van der Waals surface area contributed by atoms with E-state index in [4.69, 9.17) is 24.4 Å². The molecule has 118 valence electrons. The van der Waals surface area contributed by atoms with Crippen LogP contribution < -0.4 is 0 Å². The van der Waals surface area contributed by atoms with Crippen LogP contribution >= 0.6 is 20.0 Å². The van der Waals surface area contributed by atoms with Gasteiger partial charge in [0.05, 0.1) is 38.6 Å². The van der Waals surface area contributed by atoms with Crippen LogP contribution in [0, 0.1) is 0 Å². The van der Waals surface area contributed by atoms with E-state index in [0.29, 0.717) is 0 Å². The summed E-state index contributed by atoms with van der Waals surface area (Å²) in [5.74, 6) is -3.56. The fraction of sp³-hybridized carbons (Fsp3) is 0.667. The molecule has 0 saturated heterocycles. The van der Waals surface area contributed by atoms with E-state index in [2.05, 4.69) is 0 Å². The first-order chi connectivity index (χ1) is 8.75. The van der Waals surface area contributed by atoms with Gasteiger partial charge in [-0.2, -0.15) is 0 Å². The summed E-state index contributed by atoms with van der Waals surface area (Å²) in [6, 6.07) is 0. The van der Waals surface area contributed by atoms with Gasteiger partial charge in [-0.1, -0.05) is 0 Å². The van der Waals surface area contributed by atoms with Crippen molar-refractivity contribution in [2.45, 2.75) is 19.3 Å². The van der Waals surface area contributed by atoms with Gasteiger partial charge in [-0.05, 0) is 0 Å². The van der Waals surface area contributed by atoms with Crippen LogP contribution in [0.5, 0.6) is 0 Å². The molecule has 3 N–H and O–H groups in total. The summed E-state index contributed by atoms with van der Waals surface area (Å²) in [5.41, 5.74) is 0. The second-order valence-electron chi connectivity index (χ2n) is 3.43. The van der Waals surface area contributed by atoms with Crippen LogP contribution in [0.2, 0.25) is 0 Å². The van der Waals surface area contributed by atoms with Crippen LogP contribution in [0.4, 0.5) is 0 Å². The molecule has 11 heteroatoms. The van der Waals surface area contributed by atoms with Crippen LogP contribution in [0.15, 0.2) is 0 Å². The Morgan fingerprint density at radius 2 is 1.15 bits per heavy atom. The zero-order chi connectivity index (χ0) is 14.9. The number of rotatable bonds is 11. The van der Waals surface area contributed by atoms with Crippen molar-refractivity contribution >= 4 is 37.9 Å². The van der Waals surface area contributed by atoms with Crippen molar-refractivity contribution < 1.29 is 43.3 Å². The highest BCUT2D eigenvalue weighted by Gasteiger charge is 2.26. The van der Waals surface area contributed by atoms with E-state index in [0.717, 1.165) is 0 Å². The molecule has 0 bridgehead atoms. The summed E-state index contributed by atoms with van der Waals surface area (Å²) in [6.45, 7) is -0.807. The van der Waals surface area contributed by atoms with Crippen LogP contribution in [0.1, 0.15) is 19.3 Å². The number of hydrogen-bond acceptors (Lipinski definition) is 6. The Balaban J connectivity index is 0. The van der Waals surface area contributed by atoms with Crippen molar-refractivity contribution in [2.75, 3.05) is 19.4 Å². The van der Waals surface area contributed by atoms with Crippen LogP contribution in [-0.4, -0.2) is 52.6 Å². The van der Waals surface area contributed by atoms with Crippen LogP contribution in [0.25, 0.3) is 0 Å². The lowest BCUT2D eigenvalue weighted by atomic mass is 10.5. The lowest BCUT2D eigenvalue weighted by Crippen LogP contribution is -2.10. The average molecular weight is 335 g/mol. The standard InChI is InChI=1S/C9H15O9P.ClH/c10-7(11)1-4-17-19(16,6-3-9(14)15)18-5-2-8(12)13;/h1-6H2,(H,10,11)(H,12,13)(H,14,15);1H. The third-order valence-corrected chi connectivity index (χ3v) is 3.73. The normalized spacial score (nSPS) is 10.6. The zero-order valence-corrected chi connectivity index (χ0v) is 12.1. The number of hydrogen-bond donors (Lipinski definition) is 3. The first kappa shape index (κ1) is 21.2. The van der Waals surface area contributed by atoms with Crippen LogP contribution in [0.3, 0.4) is 0 Å². The molecule has 0 atom stereocenters. The average Bonchev–Trinajstić information content (AvgIpc) is 2.25. The molecule has 0 unspecified atom stereocenters.